The van der Waals surface area contributed by atoms with Gasteiger partial charge in [0.1, 0.15) is 0 Å². The van der Waals surface area contributed by atoms with Crippen LogP contribution in [0, 0.1) is 11.8 Å². The molecule has 0 saturated heterocycles. The van der Waals surface area contributed by atoms with E-state index >= 15 is 0 Å². The summed E-state index contributed by atoms with van der Waals surface area (Å²) in [5.41, 5.74) is 4.18. The van der Waals surface area contributed by atoms with Gasteiger partial charge in [0, 0.05) is 30.6 Å². The second-order valence-electron chi connectivity index (χ2n) is 8.52. The maximum Gasteiger partial charge on any atom is 0.0361 e. The lowest BCUT2D eigenvalue weighted by Gasteiger charge is -2.53. The van der Waals surface area contributed by atoms with E-state index in [2.05, 4.69) is 115 Å². The van der Waals surface area contributed by atoms with Crippen molar-refractivity contribution in [1.82, 2.24) is 0 Å². The van der Waals surface area contributed by atoms with Crippen molar-refractivity contribution in [2.45, 2.75) is 52.4 Å². The molecule has 1 nitrogen and oxygen atoms in total. The average molecular weight is 338 g/mol. The van der Waals surface area contributed by atoms with Crippen molar-refractivity contribution in [2.75, 3.05) is 19.0 Å². The van der Waals surface area contributed by atoms with Crippen LogP contribution in [0.4, 0.5) is 5.69 Å². The van der Waals surface area contributed by atoms with E-state index in [4.69, 9.17) is 0 Å². The third-order valence-electron chi connectivity index (χ3n) is 6.75. The Morgan fingerprint density at radius 3 is 1.40 bits per heavy atom. The second kappa shape index (κ2) is 7.23. The van der Waals surface area contributed by atoms with Gasteiger partial charge in [-0.25, -0.2) is 0 Å². The Morgan fingerprint density at radius 1 is 0.640 bits per heavy atom. The summed E-state index contributed by atoms with van der Waals surface area (Å²) in [5, 5.41) is 0. The van der Waals surface area contributed by atoms with Crippen LogP contribution in [-0.4, -0.2) is 14.1 Å². The molecule has 0 N–H and O–H groups in total. The Hall–Kier alpha value is -1.76. The van der Waals surface area contributed by atoms with Crippen molar-refractivity contribution in [1.29, 1.82) is 0 Å². The largest absolute Gasteiger partial charge is 0.378 e. The van der Waals surface area contributed by atoms with Crippen molar-refractivity contribution < 1.29 is 0 Å². The first kappa shape index (κ1) is 19.6. The predicted molar refractivity (Wildman–Crippen MR) is 112 cm³/mol. The lowest BCUT2D eigenvalue weighted by atomic mass is 9.50. The Morgan fingerprint density at radius 2 is 1.04 bits per heavy atom. The van der Waals surface area contributed by atoms with Crippen molar-refractivity contribution in [3.63, 3.8) is 0 Å². The van der Waals surface area contributed by atoms with Gasteiger partial charge >= 0.3 is 0 Å². The molecule has 2 rings (SSSR count). The van der Waals surface area contributed by atoms with Crippen LogP contribution in [-0.2, 0) is 10.8 Å². The van der Waals surface area contributed by atoms with Gasteiger partial charge < -0.3 is 4.90 Å². The summed E-state index contributed by atoms with van der Waals surface area (Å²) in [5.74, 6) is 1.04. The van der Waals surface area contributed by atoms with Crippen LogP contribution in [0.2, 0.25) is 0 Å². The summed E-state index contributed by atoms with van der Waals surface area (Å²) < 4.78 is 0. The van der Waals surface area contributed by atoms with Gasteiger partial charge in [-0.05, 0) is 35.1 Å². The van der Waals surface area contributed by atoms with Gasteiger partial charge in [0.25, 0.3) is 0 Å². The zero-order valence-corrected chi connectivity index (χ0v) is 17.3. The number of hydrogen-bond donors (Lipinski definition) is 0. The number of rotatable bonds is 6. The smallest absolute Gasteiger partial charge is 0.0361 e. The molecule has 0 unspecified atom stereocenters. The van der Waals surface area contributed by atoms with Gasteiger partial charge in [0.05, 0.1) is 0 Å². The fourth-order valence-corrected chi connectivity index (χ4v) is 4.36. The molecule has 136 valence electrons. The molecule has 0 aromatic heterocycles. The molecule has 2 aromatic rings. The van der Waals surface area contributed by atoms with E-state index in [1.54, 1.807) is 0 Å². The van der Waals surface area contributed by atoms with Crippen LogP contribution in [0.3, 0.4) is 0 Å². The van der Waals surface area contributed by atoms with Crippen LogP contribution in [0.15, 0.2) is 54.6 Å². The molecular formula is C24H35N. The van der Waals surface area contributed by atoms with Gasteiger partial charge in [-0.3, -0.25) is 0 Å². The summed E-state index contributed by atoms with van der Waals surface area (Å²) in [6, 6.07) is 20.2. The highest BCUT2D eigenvalue weighted by Crippen LogP contribution is 2.53. The van der Waals surface area contributed by atoms with E-state index in [-0.39, 0.29) is 10.8 Å². The molecule has 0 aliphatic heterocycles. The fourth-order valence-electron chi connectivity index (χ4n) is 4.36. The Labute approximate surface area is 155 Å². The number of benzene rings is 2. The van der Waals surface area contributed by atoms with Crippen LogP contribution in [0.5, 0.6) is 0 Å². The third-order valence-corrected chi connectivity index (χ3v) is 6.75. The zero-order valence-electron chi connectivity index (χ0n) is 17.3. The topological polar surface area (TPSA) is 3.24 Å². The standard InChI is InChI=1S/C24H35N/c1-18(2)23(5,20-12-10-9-11-13-20)24(6,19(3)4)21-14-16-22(17-15-21)25(7)8/h9-19H,1-8H3/t23-,24+/m1/s1. The van der Waals surface area contributed by atoms with Crippen LogP contribution in [0.1, 0.15) is 52.7 Å². The highest BCUT2D eigenvalue weighted by atomic mass is 15.1. The lowest BCUT2D eigenvalue weighted by molar-refractivity contribution is 0.131. The van der Waals surface area contributed by atoms with Crippen molar-refractivity contribution >= 4 is 5.69 Å². The second-order valence-corrected chi connectivity index (χ2v) is 8.52. The monoisotopic (exact) mass is 337 g/mol. The number of hydrogen-bond acceptors (Lipinski definition) is 1. The Balaban J connectivity index is 2.67. The lowest BCUT2D eigenvalue weighted by Crippen LogP contribution is -2.52. The van der Waals surface area contributed by atoms with Crippen molar-refractivity contribution in [3.8, 4) is 0 Å². The molecule has 0 heterocycles. The molecule has 25 heavy (non-hydrogen) atoms. The SMILES string of the molecule is CC(C)[C@](C)(c1ccccc1)[C@](C)(c1ccc(N(C)C)cc1)C(C)C. The summed E-state index contributed by atoms with van der Waals surface area (Å²) in [6.45, 7) is 14.4. The molecular weight excluding hydrogens is 302 g/mol. The maximum absolute atomic E-state index is 2.45. The van der Waals surface area contributed by atoms with Crippen molar-refractivity contribution in [2.24, 2.45) is 11.8 Å². The zero-order chi connectivity index (χ0) is 18.8. The van der Waals surface area contributed by atoms with Gasteiger partial charge in [0.15, 0.2) is 0 Å². The normalized spacial score (nSPS) is 16.6. The van der Waals surface area contributed by atoms with Crippen LogP contribution < -0.4 is 4.90 Å². The molecule has 1 heteroatoms. The molecule has 0 fully saturated rings. The molecule has 0 aliphatic rings. The van der Waals surface area contributed by atoms with E-state index in [0.717, 1.165) is 0 Å². The Bertz CT molecular complexity index is 669. The van der Waals surface area contributed by atoms with Crippen LogP contribution in [0.25, 0.3) is 0 Å². The minimum absolute atomic E-state index is 0.0351. The van der Waals surface area contributed by atoms with Gasteiger partial charge in [-0.15, -0.1) is 0 Å². The third kappa shape index (κ3) is 3.21. The fraction of sp³-hybridized carbons (Fsp3) is 0.500. The van der Waals surface area contributed by atoms with E-state index in [9.17, 15) is 0 Å². The summed E-state index contributed by atoms with van der Waals surface area (Å²) in [7, 11) is 4.19. The molecule has 0 radical (unpaired) electrons. The number of anilines is 1. The first-order chi connectivity index (χ1) is 11.7. The molecule has 0 spiro atoms. The molecule has 0 amide bonds. The summed E-state index contributed by atoms with van der Waals surface area (Å²) >= 11 is 0. The van der Waals surface area contributed by atoms with Gasteiger partial charge in [0.2, 0.25) is 0 Å². The number of nitrogens with zero attached hydrogens (tertiary/aromatic N) is 1. The minimum atomic E-state index is 0.0351. The van der Waals surface area contributed by atoms with E-state index in [1.807, 2.05) is 0 Å². The maximum atomic E-state index is 2.45. The summed E-state index contributed by atoms with van der Waals surface area (Å²) in [4.78, 5) is 2.16. The first-order valence-corrected chi connectivity index (χ1v) is 9.49. The molecule has 0 bridgehead atoms. The Kier molecular flexibility index (Phi) is 5.66. The predicted octanol–water partition coefficient (Wildman–Crippen LogP) is 6.28. The van der Waals surface area contributed by atoms with Crippen molar-refractivity contribution in [3.05, 3.63) is 65.7 Å². The molecule has 2 aromatic carbocycles. The first-order valence-electron chi connectivity index (χ1n) is 9.49. The minimum Gasteiger partial charge on any atom is -0.378 e. The summed E-state index contributed by atoms with van der Waals surface area (Å²) in [6.07, 6.45) is 0. The van der Waals surface area contributed by atoms with E-state index in [0.29, 0.717) is 11.8 Å². The molecule has 0 saturated carbocycles. The highest BCUT2D eigenvalue weighted by molar-refractivity contribution is 5.49. The van der Waals surface area contributed by atoms with Gasteiger partial charge in [-0.2, -0.15) is 0 Å². The van der Waals surface area contributed by atoms with Crippen LogP contribution >= 0.6 is 0 Å². The molecule has 2 atom stereocenters. The van der Waals surface area contributed by atoms with E-state index in [1.165, 1.54) is 16.8 Å². The highest BCUT2D eigenvalue weighted by Gasteiger charge is 2.50. The van der Waals surface area contributed by atoms with Gasteiger partial charge in [-0.1, -0.05) is 84.0 Å². The average Bonchev–Trinajstić information content (AvgIpc) is 2.60. The quantitative estimate of drug-likeness (QED) is 0.599. The molecule has 0 aliphatic carbocycles. The van der Waals surface area contributed by atoms with E-state index < -0.39 is 0 Å².